The van der Waals surface area contributed by atoms with Crippen molar-refractivity contribution in [2.75, 3.05) is 6.61 Å². The monoisotopic (exact) mass is 760 g/mol. The molecule has 0 saturated carbocycles. The zero-order valence-electron chi connectivity index (χ0n) is 35.9. The van der Waals surface area contributed by atoms with Crippen LogP contribution in [0.3, 0.4) is 0 Å². The van der Waals surface area contributed by atoms with E-state index in [1.165, 1.54) is 122 Å². The molecule has 316 valence electrons. The second-order valence-electron chi connectivity index (χ2n) is 15.8. The second-order valence-corrected chi connectivity index (χ2v) is 15.8. The lowest BCUT2D eigenvalue weighted by molar-refractivity contribution is -0.151. The quantitative estimate of drug-likeness (QED) is 0.0328. The minimum Gasteiger partial charge on any atom is -0.462 e. The number of allylic oxidation sites excluding steroid dienone is 6. The molecule has 0 saturated heterocycles. The van der Waals surface area contributed by atoms with Crippen molar-refractivity contribution < 1.29 is 24.5 Å². The van der Waals surface area contributed by atoms with Crippen LogP contribution in [0.5, 0.6) is 0 Å². The average molecular weight is 760 g/mol. The van der Waals surface area contributed by atoms with E-state index in [2.05, 4.69) is 62.5 Å². The molecule has 0 aromatic heterocycles. The van der Waals surface area contributed by atoms with Crippen molar-refractivity contribution in [1.29, 1.82) is 0 Å². The molecule has 6 nitrogen and oxygen atoms in total. The SMILES string of the molecule is CC/C=C/C=C/C=C/CCCCCCCCCC(=O)OC(CCCCCCCCCCCC)CC(=O)NC(CO)C(O)CCCCCCCCCCCC. The maximum absolute atomic E-state index is 13.1. The molecule has 3 N–H and O–H groups in total. The summed E-state index contributed by atoms with van der Waals surface area (Å²) in [5.74, 6) is -0.484. The van der Waals surface area contributed by atoms with Gasteiger partial charge in [0.1, 0.15) is 6.10 Å². The molecule has 3 atom stereocenters. The first-order valence-electron chi connectivity index (χ1n) is 23.2. The number of aliphatic hydroxyl groups is 2. The molecule has 0 aromatic rings. The van der Waals surface area contributed by atoms with E-state index in [4.69, 9.17) is 4.74 Å². The van der Waals surface area contributed by atoms with Crippen LogP contribution in [0, 0.1) is 0 Å². The number of nitrogens with one attached hydrogen (secondary N) is 1. The van der Waals surface area contributed by atoms with Crippen molar-refractivity contribution in [2.24, 2.45) is 0 Å². The Balaban J connectivity index is 4.55. The number of rotatable bonds is 41. The van der Waals surface area contributed by atoms with Gasteiger partial charge in [-0.1, -0.05) is 211 Å². The van der Waals surface area contributed by atoms with Gasteiger partial charge in [-0.15, -0.1) is 0 Å². The third kappa shape index (κ3) is 37.0. The summed E-state index contributed by atoms with van der Waals surface area (Å²) >= 11 is 0. The summed E-state index contributed by atoms with van der Waals surface area (Å²) < 4.78 is 5.90. The molecule has 1 amide bonds. The van der Waals surface area contributed by atoms with Crippen molar-refractivity contribution in [3.05, 3.63) is 36.5 Å². The summed E-state index contributed by atoms with van der Waals surface area (Å²) in [6.45, 7) is 6.33. The topological polar surface area (TPSA) is 95.9 Å². The molecule has 0 heterocycles. The van der Waals surface area contributed by atoms with E-state index in [0.29, 0.717) is 19.3 Å². The van der Waals surface area contributed by atoms with E-state index in [9.17, 15) is 19.8 Å². The van der Waals surface area contributed by atoms with E-state index in [-0.39, 0.29) is 24.9 Å². The van der Waals surface area contributed by atoms with Gasteiger partial charge in [-0.3, -0.25) is 9.59 Å². The standard InChI is InChI=1S/C48H89NO5/c1-4-7-10-13-16-19-22-23-24-25-26-29-32-35-38-41-48(53)54-44(39-36-33-30-27-20-17-14-11-8-5-2)42-47(52)49-45(43-50)46(51)40-37-34-31-28-21-18-15-12-9-6-3/h7,10,13,16,19,22,44-46,50-51H,4-6,8-9,11-12,14-15,17-18,20-21,23-43H2,1-3H3,(H,49,52)/b10-7+,16-13+,22-19+. The molecule has 0 bridgehead atoms. The fourth-order valence-electron chi connectivity index (χ4n) is 7.02. The molecule has 54 heavy (non-hydrogen) atoms. The third-order valence-electron chi connectivity index (χ3n) is 10.5. The second kappa shape index (κ2) is 42.2. The molecule has 0 aliphatic carbocycles. The van der Waals surface area contributed by atoms with Gasteiger partial charge in [0.25, 0.3) is 0 Å². The van der Waals surface area contributed by atoms with Crippen LogP contribution in [0.1, 0.15) is 233 Å². The number of carbonyl (C=O) groups excluding carboxylic acids is 2. The molecule has 6 heteroatoms. The van der Waals surface area contributed by atoms with Crippen LogP contribution in [-0.2, 0) is 14.3 Å². The number of aliphatic hydroxyl groups excluding tert-OH is 2. The van der Waals surface area contributed by atoms with Gasteiger partial charge in [0, 0.05) is 6.42 Å². The third-order valence-corrected chi connectivity index (χ3v) is 10.5. The highest BCUT2D eigenvalue weighted by Crippen LogP contribution is 2.18. The zero-order chi connectivity index (χ0) is 39.6. The van der Waals surface area contributed by atoms with Crippen LogP contribution in [0.4, 0.5) is 0 Å². The minimum absolute atomic E-state index is 0.0754. The molecule has 0 spiro atoms. The first-order valence-corrected chi connectivity index (χ1v) is 23.2. The summed E-state index contributed by atoms with van der Waals surface area (Å²) in [6, 6.07) is -0.698. The normalized spacial score (nSPS) is 13.6. The fraction of sp³-hybridized carbons (Fsp3) is 0.833. The minimum atomic E-state index is -0.784. The molecule has 0 rings (SSSR count). The lowest BCUT2D eigenvalue weighted by Crippen LogP contribution is -2.46. The summed E-state index contributed by atoms with van der Waals surface area (Å²) in [7, 11) is 0. The highest BCUT2D eigenvalue weighted by Gasteiger charge is 2.24. The van der Waals surface area contributed by atoms with Crippen LogP contribution in [0.15, 0.2) is 36.5 Å². The van der Waals surface area contributed by atoms with Crippen molar-refractivity contribution in [2.45, 2.75) is 251 Å². The molecule has 0 radical (unpaired) electrons. The number of hydrogen-bond donors (Lipinski definition) is 3. The highest BCUT2D eigenvalue weighted by molar-refractivity contribution is 5.77. The summed E-state index contributed by atoms with van der Waals surface area (Å²) in [5.41, 5.74) is 0. The Morgan fingerprint density at radius 1 is 0.556 bits per heavy atom. The number of hydrogen-bond acceptors (Lipinski definition) is 5. The van der Waals surface area contributed by atoms with Crippen LogP contribution in [0.2, 0.25) is 0 Å². The van der Waals surface area contributed by atoms with Crippen molar-refractivity contribution >= 4 is 11.9 Å². The number of carbonyl (C=O) groups is 2. The number of esters is 1. The van der Waals surface area contributed by atoms with Crippen molar-refractivity contribution in [1.82, 2.24) is 5.32 Å². The predicted molar refractivity (Wildman–Crippen MR) is 232 cm³/mol. The van der Waals surface area contributed by atoms with Crippen LogP contribution in [0.25, 0.3) is 0 Å². The Bertz CT molecular complexity index is 900. The van der Waals surface area contributed by atoms with E-state index in [1.807, 2.05) is 0 Å². The largest absolute Gasteiger partial charge is 0.462 e. The Morgan fingerprint density at radius 3 is 1.50 bits per heavy atom. The van der Waals surface area contributed by atoms with Crippen LogP contribution in [-0.4, -0.2) is 46.9 Å². The highest BCUT2D eigenvalue weighted by atomic mass is 16.5. The van der Waals surface area contributed by atoms with Gasteiger partial charge in [0.2, 0.25) is 5.91 Å². The van der Waals surface area contributed by atoms with Crippen LogP contribution >= 0.6 is 0 Å². The van der Waals surface area contributed by atoms with Gasteiger partial charge >= 0.3 is 5.97 Å². The van der Waals surface area contributed by atoms with E-state index in [0.717, 1.165) is 64.2 Å². The maximum atomic E-state index is 13.1. The number of ether oxygens (including phenoxy) is 1. The summed E-state index contributed by atoms with van der Waals surface area (Å²) in [6.07, 6.45) is 47.7. The fourth-order valence-corrected chi connectivity index (χ4v) is 7.02. The lowest BCUT2D eigenvalue weighted by Gasteiger charge is -2.24. The van der Waals surface area contributed by atoms with Gasteiger partial charge in [-0.25, -0.2) is 0 Å². The van der Waals surface area contributed by atoms with E-state index in [1.54, 1.807) is 0 Å². The van der Waals surface area contributed by atoms with E-state index < -0.39 is 18.2 Å². The van der Waals surface area contributed by atoms with Gasteiger partial charge < -0.3 is 20.3 Å². The van der Waals surface area contributed by atoms with Gasteiger partial charge in [0.05, 0.1) is 25.2 Å². The zero-order valence-corrected chi connectivity index (χ0v) is 35.9. The van der Waals surface area contributed by atoms with Gasteiger partial charge in [-0.2, -0.15) is 0 Å². The van der Waals surface area contributed by atoms with Crippen molar-refractivity contribution in [3.8, 4) is 0 Å². The molecule has 3 unspecified atom stereocenters. The molecule has 0 aromatic carbocycles. The van der Waals surface area contributed by atoms with Crippen LogP contribution < -0.4 is 5.32 Å². The first-order chi connectivity index (χ1) is 26.5. The van der Waals surface area contributed by atoms with Gasteiger partial charge in [0.15, 0.2) is 0 Å². The Kier molecular flexibility index (Phi) is 40.7. The van der Waals surface area contributed by atoms with E-state index >= 15 is 0 Å². The number of amides is 1. The smallest absolute Gasteiger partial charge is 0.306 e. The molecule has 0 aliphatic rings. The Hall–Kier alpha value is -1.92. The Labute approximate surface area is 334 Å². The molecular weight excluding hydrogens is 671 g/mol. The average Bonchev–Trinajstić information content (AvgIpc) is 3.16. The van der Waals surface area contributed by atoms with Crippen molar-refractivity contribution in [3.63, 3.8) is 0 Å². The lowest BCUT2D eigenvalue weighted by atomic mass is 10.0. The molecular formula is C48H89NO5. The molecule has 0 fully saturated rings. The number of unbranched alkanes of at least 4 members (excludes halogenated alkanes) is 25. The maximum Gasteiger partial charge on any atom is 0.306 e. The predicted octanol–water partition coefficient (Wildman–Crippen LogP) is 13.3. The summed E-state index contributed by atoms with van der Waals surface area (Å²) in [5, 5.41) is 23.6. The summed E-state index contributed by atoms with van der Waals surface area (Å²) in [4.78, 5) is 26.0. The molecule has 0 aliphatic heterocycles. The Morgan fingerprint density at radius 2 is 1.00 bits per heavy atom. The first kappa shape index (κ1) is 52.1. The van der Waals surface area contributed by atoms with Gasteiger partial charge in [-0.05, 0) is 44.9 Å².